The number of thiol groups is 1. The lowest BCUT2D eigenvalue weighted by Gasteiger charge is -2.26. The molecule has 7 rings (SSSR count). The number of carboxylic acids is 2. The van der Waals surface area contributed by atoms with Gasteiger partial charge in [-0.1, -0.05) is 123 Å². The molecule has 1 atom stereocenters. The fraction of sp³-hybridized carbons (Fsp3) is 0.0741. The molecule has 0 amide bonds. The summed E-state index contributed by atoms with van der Waals surface area (Å²) in [5, 5.41) is 36.7. The first-order chi connectivity index (χ1) is 31.1. The lowest BCUT2D eigenvalue weighted by Crippen LogP contribution is -2.10. The Balaban J connectivity index is 1.06. The van der Waals surface area contributed by atoms with E-state index in [4.69, 9.17) is 23.2 Å². The molecule has 2 heterocycles. The highest BCUT2D eigenvalue weighted by Gasteiger charge is 2.15. The van der Waals surface area contributed by atoms with Gasteiger partial charge in [-0.25, -0.2) is 9.59 Å². The third kappa shape index (κ3) is 11.3. The molecule has 0 aliphatic rings. The topological polar surface area (TPSA) is 125 Å². The van der Waals surface area contributed by atoms with Crippen LogP contribution in [0.5, 0.6) is 0 Å². The molecular formula is C54H41N3O4S3. The maximum Gasteiger partial charge on any atom is 0.346 e. The summed E-state index contributed by atoms with van der Waals surface area (Å²) in [7, 11) is 0. The monoisotopic (exact) mass is 891 g/mol. The Morgan fingerprint density at radius 1 is 0.562 bits per heavy atom. The van der Waals surface area contributed by atoms with Crippen molar-refractivity contribution in [2.75, 3.05) is 4.90 Å². The van der Waals surface area contributed by atoms with Crippen LogP contribution < -0.4 is 4.90 Å². The zero-order valence-corrected chi connectivity index (χ0v) is 37.2. The van der Waals surface area contributed by atoms with Crippen molar-refractivity contribution in [3.8, 4) is 33.0 Å². The van der Waals surface area contributed by atoms with Gasteiger partial charge >= 0.3 is 11.9 Å². The van der Waals surface area contributed by atoms with E-state index in [1.54, 1.807) is 12.1 Å². The Morgan fingerprint density at radius 2 is 0.906 bits per heavy atom. The molecule has 0 radical (unpaired) electrons. The lowest BCUT2D eigenvalue weighted by atomic mass is 10.1. The van der Waals surface area contributed by atoms with Crippen LogP contribution in [-0.2, 0) is 9.59 Å². The number of carbonyl (C=O) groups is 2. The first-order valence-corrected chi connectivity index (χ1v) is 22.5. The van der Waals surface area contributed by atoms with Crippen LogP contribution >= 0.6 is 35.3 Å². The molecule has 2 N–H and O–H groups in total. The van der Waals surface area contributed by atoms with Crippen molar-refractivity contribution in [2.45, 2.75) is 25.0 Å². The van der Waals surface area contributed by atoms with Crippen molar-refractivity contribution in [3.63, 3.8) is 0 Å². The molecule has 5 aromatic carbocycles. The van der Waals surface area contributed by atoms with E-state index in [9.17, 15) is 19.8 Å². The number of carboxylic acid groups (broad SMARTS) is 2. The minimum absolute atomic E-state index is 0.183. The maximum atomic E-state index is 11.2. The smallest absolute Gasteiger partial charge is 0.346 e. The van der Waals surface area contributed by atoms with Crippen LogP contribution in [0.25, 0.3) is 57.3 Å². The standard InChI is InChI=1S/C54H41N3O4S3/c1-2-3-50(62)40-20-26-47(27-21-40)57(45-22-12-38(13-23-45)6-4-36-8-16-41(17-9-36)51-30-28-48(63-51)32-43(34-55)53(58)59)46-24-14-39(15-25-46)7-5-37-10-18-42(19-11-37)52-31-29-49(64-52)33-44(35-56)54(60)61/h4-33,50,62H,2-3H2,1H3,(H,58,59)(H,60,61)/b6-4+,7-5+,43-32+,44-33+. The van der Waals surface area contributed by atoms with E-state index in [-0.39, 0.29) is 16.4 Å². The van der Waals surface area contributed by atoms with Crippen molar-refractivity contribution in [2.24, 2.45) is 0 Å². The number of nitrogens with zero attached hydrogens (tertiary/aromatic N) is 3. The number of benzene rings is 5. The summed E-state index contributed by atoms with van der Waals surface area (Å²) >= 11 is 7.71. The lowest BCUT2D eigenvalue weighted by molar-refractivity contribution is -0.133. The van der Waals surface area contributed by atoms with Crippen LogP contribution in [0.1, 0.15) is 62.6 Å². The first kappa shape index (κ1) is 44.6. The Labute approximate surface area is 386 Å². The molecule has 64 heavy (non-hydrogen) atoms. The number of nitriles is 2. The summed E-state index contributed by atoms with van der Waals surface area (Å²) in [6, 6.07) is 52.9. The zero-order chi connectivity index (χ0) is 45.0. The zero-order valence-electron chi connectivity index (χ0n) is 34.6. The molecule has 0 spiro atoms. The van der Waals surface area contributed by atoms with Crippen molar-refractivity contribution < 1.29 is 19.8 Å². The normalized spacial score (nSPS) is 12.2. The summed E-state index contributed by atoms with van der Waals surface area (Å²) < 4.78 is 0. The summed E-state index contributed by atoms with van der Waals surface area (Å²) in [6.45, 7) is 2.17. The second kappa shape index (κ2) is 21.1. The predicted octanol–water partition coefficient (Wildman–Crippen LogP) is 14.7. The van der Waals surface area contributed by atoms with Crippen molar-refractivity contribution >= 4 is 101 Å². The number of hydrogen-bond donors (Lipinski definition) is 3. The van der Waals surface area contributed by atoms with Gasteiger partial charge in [0.25, 0.3) is 0 Å². The van der Waals surface area contributed by atoms with Crippen molar-refractivity contribution in [3.05, 3.63) is 194 Å². The Bertz CT molecular complexity index is 2790. The van der Waals surface area contributed by atoms with Crippen LogP contribution in [-0.4, -0.2) is 22.2 Å². The Hall–Kier alpha value is -7.47. The number of hydrogen-bond acceptors (Lipinski definition) is 8. The highest BCUT2D eigenvalue weighted by molar-refractivity contribution is 7.80. The van der Waals surface area contributed by atoms with Crippen LogP contribution in [0.4, 0.5) is 17.1 Å². The molecular weight excluding hydrogens is 851 g/mol. The van der Waals surface area contributed by atoms with Gasteiger partial charge in [0.05, 0.1) is 0 Å². The molecule has 7 aromatic rings. The minimum atomic E-state index is -1.24. The van der Waals surface area contributed by atoms with Crippen LogP contribution in [0.2, 0.25) is 0 Å². The van der Waals surface area contributed by atoms with Gasteiger partial charge in [-0.05, 0) is 118 Å². The predicted molar refractivity (Wildman–Crippen MR) is 268 cm³/mol. The fourth-order valence-electron chi connectivity index (χ4n) is 6.84. The van der Waals surface area contributed by atoms with E-state index in [0.29, 0.717) is 9.75 Å². The van der Waals surface area contributed by atoms with Gasteiger partial charge in [0.15, 0.2) is 0 Å². The second-order valence-corrected chi connectivity index (χ2v) is 17.5. The molecule has 0 saturated carbocycles. The number of thiophene rings is 2. The first-order valence-electron chi connectivity index (χ1n) is 20.4. The third-order valence-corrected chi connectivity index (χ3v) is 13.0. The third-order valence-electron chi connectivity index (χ3n) is 10.3. The van der Waals surface area contributed by atoms with E-state index in [1.807, 2.05) is 72.8 Å². The number of aliphatic carboxylic acids is 2. The molecule has 0 aliphatic heterocycles. The highest BCUT2D eigenvalue weighted by atomic mass is 32.1. The van der Waals surface area contributed by atoms with Gasteiger partial charge in [-0.15, -0.1) is 22.7 Å². The van der Waals surface area contributed by atoms with E-state index in [2.05, 4.69) is 109 Å². The molecule has 0 fully saturated rings. The Morgan fingerprint density at radius 3 is 1.23 bits per heavy atom. The molecule has 2 aromatic heterocycles. The van der Waals surface area contributed by atoms with Crippen LogP contribution in [0.3, 0.4) is 0 Å². The van der Waals surface area contributed by atoms with Crippen LogP contribution in [0, 0.1) is 22.7 Å². The van der Waals surface area contributed by atoms with Gasteiger partial charge in [0.1, 0.15) is 23.3 Å². The van der Waals surface area contributed by atoms with E-state index in [0.717, 1.165) is 73.0 Å². The molecule has 0 bridgehead atoms. The molecule has 7 nitrogen and oxygen atoms in total. The second-order valence-electron chi connectivity index (χ2n) is 14.7. The number of anilines is 3. The fourth-order valence-corrected chi connectivity index (χ4v) is 9.19. The maximum absolute atomic E-state index is 11.2. The van der Waals surface area contributed by atoms with Crippen molar-refractivity contribution in [1.29, 1.82) is 10.5 Å². The molecule has 1 unspecified atom stereocenters. The van der Waals surface area contributed by atoms with Gasteiger partial charge in [0, 0.05) is 41.8 Å². The molecule has 0 saturated heterocycles. The quantitative estimate of drug-likeness (QED) is 0.0382. The van der Waals surface area contributed by atoms with Crippen molar-refractivity contribution in [1.82, 2.24) is 0 Å². The average molecular weight is 892 g/mol. The van der Waals surface area contributed by atoms with Crippen LogP contribution in [0.15, 0.2) is 157 Å². The number of rotatable bonds is 16. The van der Waals surface area contributed by atoms with Gasteiger partial charge in [-0.2, -0.15) is 23.2 Å². The van der Waals surface area contributed by atoms with Gasteiger partial charge < -0.3 is 15.1 Å². The van der Waals surface area contributed by atoms with E-state index >= 15 is 0 Å². The van der Waals surface area contributed by atoms with E-state index in [1.165, 1.54) is 40.4 Å². The average Bonchev–Trinajstić information content (AvgIpc) is 4.00. The summed E-state index contributed by atoms with van der Waals surface area (Å²) in [5.74, 6) is -2.48. The SMILES string of the molecule is CCCC(S)c1ccc(N(c2ccc(/C=C/c3ccc(-c4ccc(/C=C(\C#N)C(=O)O)s4)cc3)cc2)c2ccc(/C=C/c3ccc(-c4ccc(/C=C(\C#N)C(=O)O)s4)cc3)cc2)cc1. The highest BCUT2D eigenvalue weighted by Crippen LogP contribution is 2.37. The van der Waals surface area contributed by atoms with Gasteiger partial charge in [0.2, 0.25) is 0 Å². The Kier molecular flexibility index (Phi) is 14.7. The largest absolute Gasteiger partial charge is 0.477 e. The molecule has 10 heteroatoms. The van der Waals surface area contributed by atoms with Gasteiger partial charge in [-0.3, -0.25) is 0 Å². The summed E-state index contributed by atoms with van der Waals surface area (Å²) in [5.41, 5.74) is 9.89. The summed E-state index contributed by atoms with van der Waals surface area (Å²) in [4.78, 5) is 28.1. The minimum Gasteiger partial charge on any atom is -0.477 e. The summed E-state index contributed by atoms with van der Waals surface area (Å²) in [6.07, 6.45) is 13.2. The molecule has 314 valence electrons. The molecule has 0 aliphatic carbocycles. The van der Waals surface area contributed by atoms with E-state index < -0.39 is 11.9 Å².